The van der Waals surface area contributed by atoms with Gasteiger partial charge in [-0.05, 0) is 25.1 Å². The van der Waals surface area contributed by atoms with Gasteiger partial charge in [-0.25, -0.2) is 4.98 Å². The van der Waals surface area contributed by atoms with Crippen LogP contribution in [-0.2, 0) is 12.7 Å². The molecular weight excluding hydrogens is 369 g/mol. The molecule has 1 aromatic heterocycles. The Morgan fingerprint density at radius 2 is 2.14 bits per heavy atom. The Morgan fingerprint density at radius 1 is 1.43 bits per heavy atom. The molecule has 0 saturated heterocycles. The lowest BCUT2D eigenvalue weighted by Crippen LogP contribution is -2.23. The highest BCUT2D eigenvalue weighted by atomic mass is 79.9. The topological polar surface area (TPSA) is 42.0 Å². The molecule has 3 nitrogen and oxygen atoms in total. The summed E-state index contributed by atoms with van der Waals surface area (Å²) in [4.78, 5) is 17.0. The molecule has 0 saturated carbocycles. The van der Waals surface area contributed by atoms with Gasteiger partial charge in [0.05, 0.1) is 12.1 Å². The van der Waals surface area contributed by atoms with Gasteiger partial charge in [-0.1, -0.05) is 15.9 Å². The predicted octanol–water partition coefficient (Wildman–Crippen LogP) is 4.16. The fourth-order valence-corrected chi connectivity index (χ4v) is 2.82. The summed E-state index contributed by atoms with van der Waals surface area (Å²) in [5.41, 5.74) is -0.918. The number of benzene rings is 1. The summed E-state index contributed by atoms with van der Waals surface area (Å²) in [6.45, 7) is 2.07. The molecule has 1 heterocycles. The summed E-state index contributed by atoms with van der Waals surface area (Å²) in [5, 5.41) is 3.26. The van der Waals surface area contributed by atoms with Crippen molar-refractivity contribution in [2.24, 2.45) is 0 Å². The molecule has 1 N–H and O–H groups in total. The Hall–Kier alpha value is -1.41. The summed E-state index contributed by atoms with van der Waals surface area (Å²) < 4.78 is 38.2. The van der Waals surface area contributed by atoms with E-state index in [1.807, 2.05) is 6.92 Å². The molecule has 8 heteroatoms. The highest BCUT2D eigenvalue weighted by molar-refractivity contribution is 9.10. The normalized spacial score (nSPS) is 11.5. The van der Waals surface area contributed by atoms with Gasteiger partial charge >= 0.3 is 6.18 Å². The maximum Gasteiger partial charge on any atom is 0.417 e. The van der Waals surface area contributed by atoms with E-state index in [1.54, 1.807) is 6.20 Å². The molecule has 0 aliphatic heterocycles. The minimum atomic E-state index is -4.51. The van der Waals surface area contributed by atoms with E-state index in [1.165, 1.54) is 23.5 Å². The first-order chi connectivity index (χ1) is 9.77. The second-order valence-electron chi connectivity index (χ2n) is 4.24. The molecule has 1 amide bonds. The van der Waals surface area contributed by atoms with Crippen LogP contribution < -0.4 is 5.32 Å². The maximum atomic E-state index is 12.8. The van der Waals surface area contributed by atoms with Gasteiger partial charge in [0.1, 0.15) is 5.01 Å². The van der Waals surface area contributed by atoms with Crippen LogP contribution in [0.5, 0.6) is 0 Å². The van der Waals surface area contributed by atoms with Crippen molar-refractivity contribution in [2.45, 2.75) is 19.6 Å². The second kappa shape index (κ2) is 6.15. The minimum absolute atomic E-state index is 0.0428. The monoisotopic (exact) mass is 378 g/mol. The van der Waals surface area contributed by atoms with Crippen molar-refractivity contribution >= 4 is 33.2 Å². The van der Waals surface area contributed by atoms with Crippen LogP contribution in [0.15, 0.2) is 28.9 Å². The van der Waals surface area contributed by atoms with Crippen molar-refractivity contribution in [2.75, 3.05) is 0 Å². The molecule has 2 rings (SSSR count). The summed E-state index contributed by atoms with van der Waals surface area (Å²) in [6.07, 6.45) is -2.84. The number of rotatable bonds is 3. The summed E-state index contributed by atoms with van der Waals surface area (Å²) in [6, 6.07) is 3.37. The third-order valence-corrected chi connectivity index (χ3v) is 4.21. The van der Waals surface area contributed by atoms with Crippen molar-refractivity contribution in [1.29, 1.82) is 0 Å². The van der Waals surface area contributed by atoms with Gasteiger partial charge < -0.3 is 5.32 Å². The van der Waals surface area contributed by atoms with Gasteiger partial charge in [-0.2, -0.15) is 13.2 Å². The van der Waals surface area contributed by atoms with Crippen molar-refractivity contribution in [3.8, 4) is 0 Å². The number of aromatic nitrogens is 1. The largest absolute Gasteiger partial charge is 0.417 e. The molecule has 0 atom stereocenters. The lowest BCUT2D eigenvalue weighted by Gasteiger charge is -2.11. The summed E-state index contributed by atoms with van der Waals surface area (Å²) in [7, 11) is 0. The zero-order valence-corrected chi connectivity index (χ0v) is 13.2. The van der Waals surface area contributed by atoms with Crippen LogP contribution in [-0.4, -0.2) is 10.9 Å². The van der Waals surface area contributed by atoms with Crippen LogP contribution in [0.1, 0.15) is 25.8 Å². The Kier molecular flexibility index (Phi) is 4.67. The molecule has 0 fully saturated rings. The Bertz CT molecular complexity index is 670. The Morgan fingerprint density at radius 3 is 2.71 bits per heavy atom. The van der Waals surface area contributed by atoms with Gasteiger partial charge in [0.15, 0.2) is 0 Å². The van der Waals surface area contributed by atoms with E-state index < -0.39 is 17.6 Å². The Labute approximate surface area is 131 Å². The van der Waals surface area contributed by atoms with Crippen LogP contribution in [0.25, 0.3) is 0 Å². The van der Waals surface area contributed by atoms with Crippen LogP contribution in [0.2, 0.25) is 0 Å². The average Bonchev–Trinajstić information content (AvgIpc) is 2.81. The smallest absolute Gasteiger partial charge is 0.346 e. The third-order valence-electron chi connectivity index (χ3n) is 2.60. The van der Waals surface area contributed by atoms with Crippen LogP contribution >= 0.6 is 27.3 Å². The van der Waals surface area contributed by atoms with Gasteiger partial charge in [-0.3, -0.25) is 4.79 Å². The average molecular weight is 379 g/mol. The second-order valence-corrected chi connectivity index (χ2v) is 6.41. The number of nitrogens with zero attached hydrogens (tertiary/aromatic N) is 1. The highest BCUT2D eigenvalue weighted by Gasteiger charge is 2.33. The van der Waals surface area contributed by atoms with E-state index in [9.17, 15) is 18.0 Å². The number of hydrogen-bond acceptors (Lipinski definition) is 3. The molecule has 0 aliphatic rings. The molecule has 2 aromatic rings. The molecule has 0 bridgehead atoms. The first-order valence-corrected chi connectivity index (χ1v) is 7.44. The van der Waals surface area contributed by atoms with E-state index in [0.29, 0.717) is 5.01 Å². The first kappa shape index (κ1) is 16.0. The van der Waals surface area contributed by atoms with Gasteiger partial charge in [0.2, 0.25) is 0 Å². The molecule has 21 heavy (non-hydrogen) atoms. The Balaban J connectivity index is 2.12. The highest BCUT2D eigenvalue weighted by Crippen LogP contribution is 2.35. The minimum Gasteiger partial charge on any atom is -0.346 e. The number of nitrogens with one attached hydrogen (secondary N) is 1. The number of carbonyl (C=O) groups excluding carboxylic acids is 1. The molecule has 1 aromatic carbocycles. The van der Waals surface area contributed by atoms with E-state index >= 15 is 0 Å². The zero-order valence-electron chi connectivity index (χ0n) is 10.8. The fraction of sp³-hybridized carbons (Fsp3) is 0.231. The van der Waals surface area contributed by atoms with Crippen LogP contribution in [0.4, 0.5) is 13.2 Å². The first-order valence-electron chi connectivity index (χ1n) is 5.83. The number of thiazole rings is 1. The number of amides is 1. The molecule has 112 valence electrons. The SMILES string of the molecule is Cc1cnc(CNC(=O)c2ccc(Br)c(C(F)(F)F)c2)s1. The van der Waals surface area contributed by atoms with Crippen molar-refractivity contribution in [1.82, 2.24) is 10.3 Å². The van der Waals surface area contributed by atoms with Crippen LogP contribution in [0, 0.1) is 6.92 Å². The number of halogens is 4. The zero-order chi connectivity index (χ0) is 15.6. The van der Waals surface area contributed by atoms with Gasteiger partial charge in [-0.15, -0.1) is 11.3 Å². The lowest BCUT2D eigenvalue weighted by molar-refractivity contribution is -0.138. The number of carbonyl (C=O) groups is 1. The molecule has 0 spiro atoms. The quantitative estimate of drug-likeness (QED) is 0.870. The summed E-state index contributed by atoms with van der Waals surface area (Å²) in [5.74, 6) is -0.569. The van der Waals surface area contributed by atoms with E-state index in [-0.39, 0.29) is 16.6 Å². The van der Waals surface area contributed by atoms with Crippen molar-refractivity contribution in [3.63, 3.8) is 0 Å². The maximum absolute atomic E-state index is 12.8. The van der Waals surface area contributed by atoms with E-state index in [4.69, 9.17) is 0 Å². The summed E-state index contributed by atoms with van der Waals surface area (Å²) >= 11 is 4.26. The van der Waals surface area contributed by atoms with E-state index in [0.717, 1.165) is 10.9 Å². The van der Waals surface area contributed by atoms with Crippen molar-refractivity contribution in [3.05, 3.63) is 49.9 Å². The number of aryl methyl sites for hydroxylation is 1. The van der Waals surface area contributed by atoms with Crippen LogP contribution in [0.3, 0.4) is 0 Å². The molecule has 0 aliphatic carbocycles. The predicted molar refractivity (Wildman–Crippen MR) is 77.2 cm³/mol. The number of alkyl halides is 3. The third kappa shape index (κ3) is 4.04. The molecular formula is C13H10BrF3N2OS. The fourth-order valence-electron chi connectivity index (χ4n) is 1.62. The van der Waals surface area contributed by atoms with Crippen molar-refractivity contribution < 1.29 is 18.0 Å². The number of hydrogen-bond donors (Lipinski definition) is 1. The lowest BCUT2D eigenvalue weighted by atomic mass is 10.1. The molecule has 0 unspecified atom stereocenters. The standard InChI is InChI=1S/C13H10BrF3N2OS/c1-7-5-18-11(21-7)6-19-12(20)8-2-3-10(14)9(4-8)13(15,16)17/h2-5H,6H2,1H3,(H,19,20). The van der Waals surface area contributed by atoms with E-state index in [2.05, 4.69) is 26.2 Å². The van der Waals surface area contributed by atoms with Gasteiger partial charge in [0, 0.05) is 21.1 Å². The molecule has 0 radical (unpaired) electrons. The van der Waals surface area contributed by atoms with Gasteiger partial charge in [0.25, 0.3) is 5.91 Å².